The first-order valence-corrected chi connectivity index (χ1v) is 5.31. The molecule has 0 unspecified atom stereocenters. The maximum Gasteiger partial charge on any atom is 0.359 e. The number of methoxy groups -OCH3 is 1. The second-order valence-electron chi connectivity index (χ2n) is 3.12. The minimum Gasteiger partial charge on any atom is -0.481 e. The van der Waals surface area contributed by atoms with Gasteiger partial charge >= 0.3 is 5.97 Å². The normalized spacial score (nSPS) is 10.5. The second-order valence-corrected chi connectivity index (χ2v) is 3.46. The molecule has 0 radical (unpaired) electrons. The summed E-state index contributed by atoms with van der Waals surface area (Å²) in [6.07, 6.45) is 0. The van der Waals surface area contributed by atoms with Crippen molar-refractivity contribution in [3.63, 3.8) is 0 Å². The molecule has 2 heterocycles. The molecule has 0 saturated heterocycles. The quantitative estimate of drug-likeness (QED) is 0.779. The average Bonchev–Trinajstić information content (AvgIpc) is 2.71. The van der Waals surface area contributed by atoms with Crippen molar-refractivity contribution in [1.29, 1.82) is 0 Å². The molecule has 0 aliphatic rings. The molecule has 0 aromatic carbocycles. The standard InChI is InChI=1S/C10H10ClN3O3/c1-3-17-9(15)8-6-4-5-7(16-2)14(6)13-10(11)12-8/h4-5H,3H2,1-2H3. The number of fused-ring (bicyclic) bond motifs is 1. The molecule has 90 valence electrons. The van der Waals surface area contributed by atoms with E-state index in [0.717, 1.165) is 0 Å². The van der Waals surface area contributed by atoms with E-state index in [1.54, 1.807) is 19.1 Å². The van der Waals surface area contributed by atoms with Crippen LogP contribution in [0.5, 0.6) is 5.88 Å². The summed E-state index contributed by atoms with van der Waals surface area (Å²) >= 11 is 5.75. The largest absolute Gasteiger partial charge is 0.481 e. The molecular formula is C10H10ClN3O3. The fourth-order valence-electron chi connectivity index (χ4n) is 1.45. The number of aromatic nitrogens is 3. The summed E-state index contributed by atoms with van der Waals surface area (Å²) in [6, 6.07) is 3.34. The number of halogens is 1. The molecule has 0 fully saturated rings. The highest BCUT2D eigenvalue weighted by Crippen LogP contribution is 2.20. The minimum atomic E-state index is -0.539. The lowest BCUT2D eigenvalue weighted by Gasteiger charge is -2.05. The van der Waals surface area contributed by atoms with Crippen LogP contribution in [-0.4, -0.2) is 34.3 Å². The van der Waals surface area contributed by atoms with E-state index in [1.807, 2.05) is 0 Å². The topological polar surface area (TPSA) is 65.7 Å². The number of nitrogens with zero attached hydrogens (tertiary/aromatic N) is 3. The lowest BCUT2D eigenvalue weighted by Crippen LogP contribution is -2.11. The lowest BCUT2D eigenvalue weighted by molar-refractivity contribution is 0.0521. The molecule has 6 nitrogen and oxygen atoms in total. The average molecular weight is 256 g/mol. The highest BCUT2D eigenvalue weighted by molar-refractivity contribution is 6.28. The molecule has 0 aliphatic heterocycles. The van der Waals surface area contributed by atoms with Gasteiger partial charge in [0.25, 0.3) is 0 Å². The smallest absolute Gasteiger partial charge is 0.359 e. The fraction of sp³-hybridized carbons (Fsp3) is 0.300. The molecular weight excluding hydrogens is 246 g/mol. The van der Waals surface area contributed by atoms with Crippen molar-refractivity contribution in [2.75, 3.05) is 13.7 Å². The Labute approximate surface area is 102 Å². The summed E-state index contributed by atoms with van der Waals surface area (Å²) in [6.45, 7) is 1.99. The van der Waals surface area contributed by atoms with Crippen LogP contribution >= 0.6 is 11.6 Å². The van der Waals surface area contributed by atoms with Gasteiger partial charge in [0.2, 0.25) is 11.2 Å². The van der Waals surface area contributed by atoms with Gasteiger partial charge in [0.1, 0.15) is 5.52 Å². The summed E-state index contributed by atoms with van der Waals surface area (Å²) in [4.78, 5) is 15.6. The maximum atomic E-state index is 11.7. The van der Waals surface area contributed by atoms with E-state index in [9.17, 15) is 4.79 Å². The van der Waals surface area contributed by atoms with E-state index in [1.165, 1.54) is 11.6 Å². The third-order valence-corrected chi connectivity index (χ3v) is 2.29. The van der Waals surface area contributed by atoms with Crippen LogP contribution in [0.3, 0.4) is 0 Å². The van der Waals surface area contributed by atoms with Crippen LogP contribution in [0.25, 0.3) is 5.52 Å². The molecule has 0 spiro atoms. The van der Waals surface area contributed by atoms with Gasteiger partial charge < -0.3 is 9.47 Å². The Kier molecular flexibility index (Phi) is 3.14. The first-order valence-electron chi connectivity index (χ1n) is 4.93. The molecule has 2 rings (SSSR count). The summed E-state index contributed by atoms with van der Waals surface area (Å²) in [5, 5.41) is 3.90. The highest BCUT2D eigenvalue weighted by Gasteiger charge is 2.17. The van der Waals surface area contributed by atoms with Gasteiger partial charge in [-0.1, -0.05) is 0 Å². The van der Waals surface area contributed by atoms with E-state index >= 15 is 0 Å². The summed E-state index contributed by atoms with van der Waals surface area (Å²) < 4.78 is 11.4. The van der Waals surface area contributed by atoms with E-state index < -0.39 is 5.97 Å². The zero-order chi connectivity index (χ0) is 12.4. The number of carbonyl (C=O) groups is 1. The molecule has 0 atom stereocenters. The van der Waals surface area contributed by atoms with Gasteiger partial charge in [0.15, 0.2) is 5.69 Å². The van der Waals surface area contributed by atoms with Crippen molar-refractivity contribution in [3.8, 4) is 5.88 Å². The highest BCUT2D eigenvalue weighted by atomic mass is 35.5. The number of rotatable bonds is 3. The van der Waals surface area contributed by atoms with Crippen molar-refractivity contribution >= 4 is 23.1 Å². The number of ether oxygens (including phenoxy) is 2. The Morgan fingerprint density at radius 3 is 2.94 bits per heavy atom. The van der Waals surface area contributed by atoms with Gasteiger partial charge in [0.05, 0.1) is 13.7 Å². The van der Waals surface area contributed by atoms with Crippen molar-refractivity contribution in [1.82, 2.24) is 14.6 Å². The minimum absolute atomic E-state index is 0.0462. The molecule has 7 heteroatoms. The van der Waals surface area contributed by atoms with Gasteiger partial charge in [-0.25, -0.2) is 9.78 Å². The number of carbonyl (C=O) groups excluding carboxylic acids is 1. The van der Waals surface area contributed by atoms with E-state index in [-0.39, 0.29) is 17.6 Å². The summed E-state index contributed by atoms with van der Waals surface area (Å²) in [7, 11) is 1.50. The Morgan fingerprint density at radius 2 is 2.29 bits per heavy atom. The van der Waals surface area contributed by atoms with Crippen LogP contribution in [-0.2, 0) is 4.74 Å². The molecule has 0 amide bonds. The lowest BCUT2D eigenvalue weighted by atomic mass is 10.3. The number of hydrogen-bond acceptors (Lipinski definition) is 5. The number of esters is 1. The third kappa shape index (κ3) is 2.03. The fourth-order valence-corrected chi connectivity index (χ4v) is 1.61. The molecule has 0 aliphatic carbocycles. The summed E-state index contributed by atoms with van der Waals surface area (Å²) in [5.41, 5.74) is 0.611. The van der Waals surface area contributed by atoms with Crippen LogP contribution < -0.4 is 4.74 Å². The summed E-state index contributed by atoms with van der Waals surface area (Å²) in [5.74, 6) is -0.0719. The Balaban J connectivity index is 2.62. The van der Waals surface area contributed by atoms with Crippen LogP contribution in [0, 0.1) is 0 Å². The zero-order valence-electron chi connectivity index (χ0n) is 9.31. The van der Waals surface area contributed by atoms with Gasteiger partial charge in [-0.2, -0.15) is 4.52 Å². The first-order chi connectivity index (χ1) is 8.17. The van der Waals surface area contributed by atoms with E-state index in [4.69, 9.17) is 21.1 Å². The van der Waals surface area contributed by atoms with Crippen LogP contribution in [0.15, 0.2) is 12.1 Å². The molecule has 0 saturated carbocycles. The zero-order valence-corrected chi connectivity index (χ0v) is 10.1. The number of hydrogen-bond donors (Lipinski definition) is 0. The van der Waals surface area contributed by atoms with Gasteiger partial charge in [0, 0.05) is 6.07 Å². The van der Waals surface area contributed by atoms with Crippen molar-refractivity contribution in [3.05, 3.63) is 23.1 Å². The van der Waals surface area contributed by atoms with Gasteiger partial charge in [-0.05, 0) is 24.6 Å². The maximum absolute atomic E-state index is 11.7. The molecule has 0 N–H and O–H groups in total. The van der Waals surface area contributed by atoms with E-state index in [0.29, 0.717) is 11.4 Å². The van der Waals surface area contributed by atoms with Crippen molar-refractivity contribution < 1.29 is 14.3 Å². The molecule has 0 bridgehead atoms. The van der Waals surface area contributed by atoms with Gasteiger partial charge in [-0.3, -0.25) is 0 Å². The molecule has 2 aromatic heterocycles. The Bertz CT molecular complexity index is 567. The van der Waals surface area contributed by atoms with Gasteiger partial charge in [-0.15, -0.1) is 5.10 Å². The second kappa shape index (κ2) is 4.58. The van der Waals surface area contributed by atoms with Crippen LogP contribution in [0.2, 0.25) is 5.28 Å². The first kappa shape index (κ1) is 11.7. The molecule has 17 heavy (non-hydrogen) atoms. The SMILES string of the molecule is CCOC(=O)c1nc(Cl)nn2c(OC)ccc12. The predicted octanol–water partition coefficient (Wildman–Crippen LogP) is 1.57. The molecule has 2 aromatic rings. The van der Waals surface area contributed by atoms with Crippen LogP contribution in [0.1, 0.15) is 17.4 Å². The Morgan fingerprint density at radius 1 is 1.53 bits per heavy atom. The Hall–Kier alpha value is -1.82. The predicted molar refractivity (Wildman–Crippen MR) is 60.5 cm³/mol. The van der Waals surface area contributed by atoms with Crippen molar-refractivity contribution in [2.45, 2.75) is 6.92 Å². The van der Waals surface area contributed by atoms with E-state index in [2.05, 4.69) is 10.1 Å². The third-order valence-electron chi connectivity index (χ3n) is 2.13. The van der Waals surface area contributed by atoms with Crippen LogP contribution in [0.4, 0.5) is 0 Å². The monoisotopic (exact) mass is 255 g/mol. The van der Waals surface area contributed by atoms with Crippen molar-refractivity contribution in [2.24, 2.45) is 0 Å².